The molecule has 0 radical (unpaired) electrons. The predicted octanol–water partition coefficient (Wildman–Crippen LogP) is 1.19. The number of rotatable bonds is 8. The van der Waals surface area contributed by atoms with Crippen LogP contribution in [0.3, 0.4) is 0 Å². The Morgan fingerprint density at radius 3 is 2.25 bits per heavy atom. The molecule has 0 bridgehead atoms. The largest absolute Gasteiger partial charge is 0.497 e. The van der Waals surface area contributed by atoms with Gasteiger partial charge in [-0.3, -0.25) is 19.4 Å². The maximum absolute atomic E-state index is 13.2. The Bertz CT molecular complexity index is 737. The van der Waals surface area contributed by atoms with Gasteiger partial charge in [0.05, 0.1) is 19.3 Å². The summed E-state index contributed by atoms with van der Waals surface area (Å²) >= 11 is 0. The van der Waals surface area contributed by atoms with Crippen LogP contribution in [-0.4, -0.2) is 84.6 Å². The molecule has 2 amide bonds. The Hall–Kier alpha value is -2.38. The van der Waals surface area contributed by atoms with E-state index in [9.17, 15) is 9.59 Å². The van der Waals surface area contributed by atoms with Crippen molar-refractivity contribution in [2.24, 2.45) is 0 Å². The first kappa shape index (κ1) is 20.4. The lowest BCUT2D eigenvalue weighted by Crippen LogP contribution is -2.48. The van der Waals surface area contributed by atoms with E-state index in [-0.39, 0.29) is 18.4 Å². The number of imide groups is 1. The minimum Gasteiger partial charge on any atom is -0.497 e. The summed E-state index contributed by atoms with van der Waals surface area (Å²) in [4.78, 5) is 31.9. The highest BCUT2D eigenvalue weighted by Crippen LogP contribution is 2.33. The number of carbonyl (C=O) groups is 2. The summed E-state index contributed by atoms with van der Waals surface area (Å²) in [6, 6.07) is 7.30. The molecule has 0 unspecified atom stereocenters. The third-order valence-electron chi connectivity index (χ3n) is 5.36. The Labute approximate surface area is 166 Å². The van der Waals surface area contributed by atoms with Crippen molar-refractivity contribution < 1.29 is 19.4 Å². The van der Waals surface area contributed by atoms with Crippen LogP contribution in [0.25, 0.3) is 5.57 Å². The first-order chi connectivity index (χ1) is 13.6. The van der Waals surface area contributed by atoms with Gasteiger partial charge in [0.15, 0.2) is 0 Å². The SMILES string of the molecule is CCCCN1C(=O)C(c2ccc(OC)cc2)=C(N2CCN(CCO)CC2)C1=O. The molecule has 0 saturated carbocycles. The van der Waals surface area contributed by atoms with Crippen molar-refractivity contribution >= 4 is 17.4 Å². The van der Waals surface area contributed by atoms with Crippen LogP contribution in [0.15, 0.2) is 30.0 Å². The smallest absolute Gasteiger partial charge is 0.277 e. The number of hydrogen-bond donors (Lipinski definition) is 1. The standard InChI is InChI=1S/C21H29N3O4/c1-3-4-9-24-20(26)18(16-5-7-17(28-2)8-6-16)19(21(24)27)23-12-10-22(11-13-23)14-15-25/h5-8,25H,3-4,9-15H2,1-2H3. The summed E-state index contributed by atoms with van der Waals surface area (Å²) in [5.74, 6) is 0.305. The first-order valence-electron chi connectivity index (χ1n) is 9.93. The van der Waals surface area contributed by atoms with Crippen LogP contribution in [0, 0.1) is 0 Å². The van der Waals surface area contributed by atoms with Crippen molar-refractivity contribution in [3.05, 3.63) is 35.5 Å². The number of carbonyl (C=O) groups excluding carboxylic acids is 2. The average molecular weight is 387 g/mol. The molecular formula is C21H29N3O4. The summed E-state index contributed by atoms with van der Waals surface area (Å²) in [6.45, 7) is 6.10. The topological polar surface area (TPSA) is 73.3 Å². The van der Waals surface area contributed by atoms with E-state index in [2.05, 4.69) is 4.90 Å². The fourth-order valence-corrected chi connectivity index (χ4v) is 3.73. The number of methoxy groups -OCH3 is 1. The molecule has 1 N–H and O–H groups in total. The molecule has 0 aliphatic carbocycles. The highest BCUT2D eigenvalue weighted by molar-refractivity contribution is 6.35. The number of unbranched alkanes of at least 4 members (excludes halogenated alkanes) is 1. The number of β-amino-alcohol motifs (C(OH)–C–C–N with tert-alkyl or cyclic N) is 1. The van der Waals surface area contributed by atoms with E-state index in [0.29, 0.717) is 43.2 Å². The number of nitrogens with zero attached hydrogens (tertiary/aromatic N) is 3. The molecule has 3 rings (SSSR count). The van der Waals surface area contributed by atoms with Gasteiger partial charge in [0.2, 0.25) is 0 Å². The van der Waals surface area contributed by atoms with Crippen molar-refractivity contribution in [2.45, 2.75) is 19.8 Å². The number of amides is 2. The molecule has 0 atom stereocenters. The van der Waals surface area contributed by atoms with Gasteiger partial charge in [-0.25, -0.2) is 0 Å². The molecule has 1 fully saturated rings. The Kier molecular flexibility index (Phi) is 6.70. The van der Waals surface area contributed by atoms with Crippen LogP contribution in [0.4, 0.5) is 0 Å². The van der Waals surface area contributed by atoms with Gasteiger partial charge in [-0.15, -0.1) is 0 Å². The van der Waals surface area contributed by atoms with E-state index in [1.54, 1.807) is 7.11 Å². The third kappa shape index (κ3) is 4.05. The van der Waals surface area contributed by atoms with Crippen LogP contribution in [0.2, 0.25) is 0 Å². The second-order valence-corrected chi connectivity index (χ2v) is 7.12. The van der Waals surface area contributed by atoms with Gasteiger partial charge in [0.25, 0.3) is 11.8 Å². The van der Waals surface area contributed by atoms with E-state index in [1.807, 2.05) is 36.1 Å². The molecule has 7 heteroatoms. The number of ether oxygens (including phenoxy) is 1. The van der Waals surface area contributed by atoms with Gasteiger partial charge in [-0.2, -0.15) is 0 Å². The second kappa shape index (κ2) is 9.21. The van der Waals surface area contributed by atoms with Crippen molar-refractivity contribution in [3.8, 4) is 5.75 Å². The van der Waals surface area contributed by atoms with E-state index in [4.69, 9.17) is 9.84 Å². The molecule has 1 saturated heterocycles. The molecule has 1 aromatic rings. The molecule has 2 aliphatic rings. The Balaban J connectivity index is 1.92. The van der Waals surface area contributed by atoms with Crippen LogP contribution < -0.4 is 4.74 Å². The lowest BCUT2D eigenvalue weighted by molar-refractivity contribution is -0.137. The minimum atomic E-state index is -0.212. The quantitative estimate of drug-likeness (QED) is 0.676. The highest BCUT2D eigenvalue weighted by atomic mass is 16.5. The zero-order chi connectivity index (χ0) is 20.1. The summed E-state index contributed by atoms with van der Waals surface area (Å²) in [5, 5.41) is 9.14. The molecule has 0 aromatic heterocycles. The normalized spacial score (nSPS) is 18.4. The maximum Gasteiger partial charge on any atom is 0.277 e. The number of aliphatic hydroxyl groups excluding tert-OH is 1. The monoisotopic (exact) mass is 387 g/mol. The zero-order valence-electron chi connectivity index (χ0n) is 16.7. The number of benzene rings is 1. The van der Waals surface area contributed by atoms with Gasteiger partial charge in [0.1, 0.15) is 11.4 Å². The molecule has 2 heterocycles. The summed E-state index contributed by atoms with van der Waals surface area (Å²) in [6.07, 6.45) is 1.72. The summed E-state index contributed by atoms with van der Waals surface area (Å²) in [5.41, 5.74) is 1.74. The molecular weight excluding hydrogens is 358 g/mol. The molecule has 1 aromatic carbocycles. The van der Waals surface area contributed by atoms with Crippen molar-refractivity contribution in [1.29, 1.82) is 0 Å². The molecule has 0 spiro atoms. The van der Waals surface area contributed by atoms with Crippen molar-refractivity contribution in [2.75, 3.05) is 53.0 Å². The van der Waals surface area contributed by atoms with E-state index in [1.165, 1.54) is 4.90 Å². The molecule has 28 heavy (non-hydrogen) atoms. The second-order valence-electron chi connectivity index (χ2n) is 7.12. The first-order valence-corrected chi connectivity index (χ1v) is 9.93. The third-order valence-corrected chi connectivity index (χ3v) is 5.36. The van der Waals surface area contributed by atoms with Crippen LogP contribution in [0.1, 0.15) is 25.3 Å². The molecule has 7 nitrogen and oxygen atoms in total. The summed E-state index contributed by atoms with van der Waals surface area (Å²) in [7, 11) is 1.60. The van der Waals surface area contributed by atoms with Gasteiger partial charge in [0, 0.05) is 39.3 Å². The van der Waals surface area contributed by atoms with E-state index in [0.717, 1.165) is 31.5 Å². The van der Waals surface area contributed by atoms with Crippen molar-refractivity contribution in [3.63, 3.8) is 0 Å². The average Bonchev–Trinajstić information content (AvgIpc) is 2.97. The van der Waals surface area contributed by atoms with Gasteiger partial charge >= 0.3 is 0 Å². The predicted molar refractivity (Wildman–Crippen MR) is 107 cm³/mol. The van der Waals surface area contributed by atoms with Crippen LogP contribution >= 0.6 is 0 Å². The molecule has 152 valence electrons. The fourth-order valence-electron chi connectivity index (χ4n) is 3.73. The summed E-state index contributed by atoms with van der Waals surface area (Å²) < 4.78 is 5.22. The van der Waals surface area contributed by atoms with E-state index < -0.39 is 0 Å². The Morgan fingerprint density at radius 2 is 1.68 bits per heavy atom. The maximum atomic E-state index is 13.2. The number of piperazine rings is 1. The lowest BCUT2D eigenvalue weighted by atomic mass is 10.0. The zero-order valence-corrected chi connectivity index (χ0v) is 16.7. The fraction of sp³-hybridized carbons (Fsp3) is 0.524. The lowest BCUT2D eigenvalue weighted by Gasteiger charge is -2.36. The minimum absolute atomic E-state index is 0.127. The van der Waals surface area contributed by atoms with Gasteiger partial charge < -0.3 is 14.7 Å². The number of aliphatic hydroxyl groups is 1. The molecule has 2 aliphatic heterocycles. The van der Waals surface area contributed by atoms with E-state index >= 15 is 0 Å². The van der Waals surface area contributed by atoms with Gasteiger partial charge in [-0.1, -0.05) is 25.5 Å². The van der Waals surface area contributed by atoms with Gasteiger partial charge in [-0.05, 0) is 24.1 Å². The van der Waals surface area contributed by atoms with Crippen LogP contribution in [-0.2, 0) is 9.59 Å². The van der Waals surface area contributed by atoms with Crippen molar-refractivity contribution in [1.82, 2.24) is 14.7 Å². The number of hydrogen-bond acceptors (Lipinski definition) is 6. The Morgan fingerprint density at radius 1 is 1.00 bits per heavy atom. The van der Waals surface area contributed by atoms with Crippen LogP contribution in [0.5, 0.6) is 5.75 Å². The highest BCUT2D eigenvalue weighted by Gasteiger charge is 2.41.